The summed E-state index contributed by atoms with van der Waals surface area (Å²) < 4.78 is 7.79. The van der Waals surface area contributed by atoms with Gasteiger partial charge in [-0.1, -0.05) is 36.8 Å². The van der Waals surface area contributed by atoms with Crippen LogP contribution in [0.3, 0.4) is 0 Å². The molecule has 1 aliphatic rings. The Kier molecular flexibility index (Phi) is 8.75. The Morgan fingerprint density at radius 1 is 1.43 bits per heavy atom. The molecule has 1 aromatic heterocycles. The first-order chi connectivity index (χ1) is 13.1. The molecule has 2 heterocycles. The highest BCUT2D eigenvalue weighted by Crippen LogP contribution is 2.22. The van der Waals surface area contributed by atoms with Crippen molar-refractivity contribution in [2.24, 2.45) is 12.0 Å². The number of ether oxygens (including phenoxy) is 1. The van der Waals surface area contributed by atoms with Crippen molar-refractivity contribution in [3.8, 4) is 0 Å². The monoisotopic (exact) mass is 497 g/mol. The van der Waals surface area contributed by atoms with E-state index in [0.29, 0.717) is 12.5 Å². The highest BCUT2D eigenvalue weighted by molar-refractivity contribution is 14.0. The molecule has 28 heavy (non-hydrogen) atoms. The number of aryl methyl sites for hydroxylation is 2. The SMILES string of the molecule is CCNC(=NCC(C)c1cccc(C)c1)N1CCOC(c2cnn(C)c2)C1.I. The zero-order valence-corrected chi connectivity index (χ0v) is 19.6. The van der Waals surface area contributed by atoms with Crippen LogP contribution in [0, 0.1) is 6.92 Å². The lowest BCUT2D eigenvalue weighted by molar-refractivity contribution is -0.00804. The minimum atomic E-state index is 0. The predicted molar refractivity (Wildman–Crippen MR) is 124 cm³/mol. The summed E-state index contributed by atoms with van der Waals surface area (Å²) in [6.45, 7) is 10.4. The van der Waals surface area contributed by atoms with Gasteiger partial charge >= 0.3 is 0 Å². The van der Waals surface area contributed by atoms with Gasteiger partial charge < -0.3 is 15.0 Å². The third-order valence-corrected chi connectivity index (χ3v) is 4.92. The van der Waals surface area contributed by atoms with Gasteiger partial charge in [0.25, 0.3) is 0 Å². The molecule has 0 amide bonds. The Morgan fingerprint density at radius 2 is 2.25 bits per heavy atom. The van der Waals surface area contributed by atoms with Gasteiger partial charge in [0.2, 0.25) is 0 Å². The Bertz CT molecular complexity index is 776. The van der Waals surface area contributed by atoms with Crippen molar-refractivity contribution in [1.82, 2.24) is 20.0 Å². The number of benzene rings is 1. The van der Waals surface area contributed by atoms with Crippen molar-refractivity contribution < 1.29 is 4.74 Å². The highest BCUT2D eigenvalue weighted by atomic mass is 127. The normalized spacial score (nSPS) is 18.5. The van der Waals surface area contributed by atoms with E-state index in [4.69, 9.17) is 9.73 Å². The zero-order chi connectivity index (χ0) is 19.2. The van der Waals surface area contributed by atoms with Gasteiger partial charge in [-0.3, -0.25) is 9.67 Å². The van der Waals surface area contributed by atoms with E-state index in [9.17, 15) is 0 Å². The minimum Gasteiger partial charge on any atom is -0.370 e. The fourth-order valence-corrected chi connectivity index (χ4v) is 3.38. The Morgan fingerprint density at radius 3 is 2.93 bits per heavy atom. The number of halogens is 1. The molecule has 2 unspecified atom stereocenters. The van der Waals surface area contributed by atoms with Crippen molar-refractivity contribution in [2.45, 2.75) is 32.8 Å². The van der Waals surface area contributed by atoms with E-state index in [1.807, 2.05) is 24.1 Å². The number of hydrogen-bond acceptors (Lipinski definition) is 3. The maximum Gasteiger partial charge on any atom is 0.194 e. The third-order valence-electron chi connectivity index (χ3n) is 4.92. The van der Waals surface area contributed by atoms with Gasteiger partial charge in [0.1, 0.15) is 6.10 Å². The van der Waals surface area contributed by atoms with Gasteiger partial charge in [-0.2, -0.15) is 5.10 Å². The van der Waals surface area contributed by atoms with Crippen LogP contribution in [0.1, 0.15) is 42.6 Å². The summed E-state index contributed by atoms with van der Waals surface area (Å²) in [6, 6.07) is 8.69. The van der Waals surface area contributed by atoms with Crippen molar-refractivity contribution in [3.63, 3.8) is 0 Å². The first-order valence-electron chi connectivity index (χ1n) is 9.76. The molecule has 1 N–H and O–H groups in total. The fourth-order valence-electron chi connectivity index (χ4n) is 3.38. The van der Waals surface area contributed by atoms with Crippen LogP contribution in [-0.2, 0) is 11.8 Å². The summed E-state index contributed by atoms with van der Waals surface area (Å²) in [7, 11) is 1.93. The number of hydrogen-bond donors (Lipinski definition) is 1. The van der Waals surface area contributed by atoms with Gasteiger partial charge in [-0.15, -0.1) is 24.0 Å². The number of nitrogens with one attached hydrogen (secondary N) is 1. The van der Waals surface area contributed by atoms with E-state index >= 15 is 0 Å². The third kappa shape index (κ3) is 5.94. The van der Waals surface area contributed by atoms with Gasteiger partial charge in [0.05, 0.1) is 19.3 Å². The van der Waals surface area contributed by atoms with Crippen LogP contribution in [0.5, 0.6) is 0 Å². The molecule has 1 saturated heterocycles. The van der Waals surface area contributed by atoms with Crippen LogP contribution in [-0.4, -0.2) is 53.4 Å². The molecule has 3 rings (SSSR count). The van der Waals surface area contributed by atoms with Gasteiger partial charge in [-0.25, -0.2) is 0 Å². The Labute approximate surface area is 185 Å². The molecule has 1 fully saturated rings. The second-order valence-corrected chi connectivity index (χ2v) is 7.26. The molecule has 1 aliphatic heterocycles. The van der Waals surface area contributed by atoms with Gasteiger partial charge in [0, 0.05) is 44.4 Å². The summed E-state index contributed by atoms with van der Waals surface area (Å²) >= 11 is 0. The second kappa shape index (κ2) is 10.8. The van der Waals surface area contributed by atoms with E-state index < -0.39 is 0 Å². The van der Waals surface area contributed by atoms with E-state index in [1.54, 1.807) is 0 Å². The average Bonchev–Trinajstić information content (AvgIpc) is 3.11. The molecule has 0 aliphatic carbocycles. The molecule has 0 saturated carbocycles. The molecular weight excluding hydrogens is 465 g/mol. The lowest BCUT2D eigenvalue weighted by atomic mass is 10.00. The van der Waals surface area contributed by atoms with Gasteiger partial charge in [0.15, 0.2) is 5.96 Å². The molecule has 7 heteroatoms. The number of aliphatic imine (C=N–C) groups is 1. The van der Waals surface area contributed by atoms with Crippen molar-refractivity contribution in [3.05, 3.63) is 53.3 Å². The number of morpholine rings is 1. The van der Waals surface area contributed by atoms with Crippen LogP contribution in [0.2, 0.25) is 0 Å². The Balaban J connectivity index is 0.00000280. The van der Waals surface area contributed by atoms with Crippen LogP contribution in [0.25, 0.3) is 0 Å². The summed E-state index contributed by atoms with van der Waals surface area (Å²) in [4.78, 5) is 7.23. The number of rotatable bonds is 5. The van der Waals surface area contributed by atoms with E-state index in [2.05, 4.69) is 60.4 Å². The van der Waals surface area contributed by atoms with Crippen LogP contribution < -0.4 is 5.32 Å². The van der Waals surface area contributed by atoms with Crippen LogP contribution >= 0.6 is 24.0 Å². The minimum absolute atomic E-state index is 0. The maximum atomic E-state index is 5.97. The van der Waals surface area contributed by atoms with E-state index in [1.165, 1.54) is 11.1 Å². The lowest BCUT2D eigenvalue weighted by Gasteiger charge is -2.35. The molecular formula is C21H32IN5O. The quantitative estimate of drug-likeness (QED) is 0.391. The number of guanidine groups is 1. The highest BCUT2D eigenvalue weighted by Gasteiger charge is 2.25. The average molecular weight is 497 g/mol. The van der Waals surface area contributed by atoms with Crippen molar-refractivity contribution >= 4 is 29.9 Å². The fraction of sp³-hybridized carbons (Fsp3) is 0.524. The Hall–Kier alpha value is -1.61. The molecule has 154 valence electrons. The first-order valence-corrected chi connectivity index (χ1v) is 9.76. The summed E-state index contributed by atoms with van der Waals surface area (Å²) in [5.74, 6) is 1.35. The van der Waals surface area contributed by atoms with E-state index in [-0.39, 0.29) is 30.1 Å². The molecule has 2 atom stereocenters. The van der Waals surface area contributed by atoms with Crippen molar-refractivity contribution in [1.29, 1.82) is 0 Å². The molecule has 2 aromatic rings. The van der Waals surface area contributed by atoms with Gasteiger partial charge in [-0.05, 0) is 19.4 Å². The molecule has 6 nitrogen and oxygen atoms in total. The molecule has 0 bridgehead atoms. The summed E-state index contributed by atoms with van der Waals surface area (Å²) in [5.41, 5.74) is 3.75. The van der Waals surface area contributed by atoms with E-state index in [0.717, 1.165) is 37.7 Å². The first kappa shape index (κ1) is 22.7. The summed E-state index contributed by atoms with van der Waals surface area (Å²) in [6.07, 6.45) is 3.95. The van der Waals surface area contributed by atoms with Crippen molar-refractivity contribution in [2.75, 3.05) is 32.8 Å². The second-order valence-electron chi connectivity index (χ2n) is 7.26. The lowest BCUT2D eigenvalue weighted by Crippen LogP contribution is -2.48. The molecule has 1 aromatic carbocycles. The molecule has 0 spiro atoms. The predicted octanol–water partition coefficient (Wildman–Crippen LogP) is 3.49. The topological polar surface area (TPSA) is 54.7 Å². The maximum absolute atomic E-state index is 5.97. The molecule has 0 radical (unpaired) electrons. The smallest absolute Gasteiger partial charge is 0.194 e. The van der Waals surface area contributed by atoms with Crippen LogP contribution in [0.4, 0.5) is 0 Å². The number of nitrogens with zero attached hydrogens (tertiary/aromatic N) is 4. The summed E-state index contributed by atoms with van der Waals surface area (Å²) in [5, 5.41) is 7.72. The standard InChI is InChI=1S/C21H31N5O.HI/c1-5-22-21(23-12-17(3)18-8-6-7-16(2)11-18)26-9-10-27-20(15-26)19-13-24-25(4)14-19;/h6-8,11,13-14,17,20H,5,9-10,12,15H2,1-4H3,(H,22,23);1H. The van der Waals surface area contributed by atoms with Crippen LogP contribution in [0.15, 0.2) is 41.7 Å². The largest absolute Gasteiger partial charge is 0.370 e. The number of aromatic nitrogens is 2. The zero-order valence-electron chi connectivity index (χ0n) is 17.3.